The highest BCUT2D eigenvalue weighted by Gasteiger charge is 2.18. The number of anilines is 1. The lowest BCUT2D eigenvalue weighted by molar-refractivity contribution is 0.0997. The number of carbonyl (C=O) groups is 1. The number of fused-ring (bicyclic) bond motifs is 1. The number of hydrogen-bond acceptors (Lipinski definition) is 2. The minimum Gasteiger partial charge on any atom is -0.451 e. The van der Waals surface area contributed by atoms with E-state index in [1.54, 1.807) is 19.1 Å². The first-order chi connectivity index (χ1) is 10.1. The van der Waals surface area contributed by atoms with Crippen molar-refractivity contribution in [3.63, 3.8) is 0 Å². The lowest BCUT2D eigenvalue weighted by Gasteiger charge is -2.05. The van der Waals surface area contributed by atoms with Crippen molar-refractivity contribution in [1.82, 2.24) is 0 Å². The zero-order valence-electron chi connectivity index (χ0n) is 11.1. The molecule has 1 N–H and O–H groups in total. The van der Waals surface area contributed by atoms with E-state index in [-0.39, 0.29) is 11.4 Å². The molecule has 21 heavy (non-hydrogen) atoms. The average molecular weight is 287 g/mol. The fraction of sp³-hybridized carbons (Fsp3) is 0.0625. The van der Waals surface area contributed by atoms with E-state index in [0.717, 1.165) is 23.6 Å². The number of nitrogens with one attached hydrogen (secondary N) is 1. The van der Waals surface area contributed by atoms with Crippen LogP contribution in [0.3, 0.4) is 0 Å². The van der Waals surface area contributed by atoms with E-state index in [4.69, 9.17) is 4.42 Å². The normalized spacial score (nSPS) is 10.8. The van der Waals surface area contributed by atoms with Gasteiger partial charge in [0.25, 0.3) is 5.91 Å². The third-order valence-corrected chi connectivity index (χ3v) is 3.23. The quantitative estimate of drug-likeness (QED) is 0.764. The molecule has 0 fully saturated rings. The molecule has 0 saturated carbocycles. The van der Waals surface area contributed by atoms with Gasteiger partial charge in [0.2, 0.25) is 0 Å². The number of carbonyl (C=O) groups excluding carboxylic acids is 1. The van der Waals surface area contributed by atoms with Gasteiger partial charge in [0.05, 0.1) is 5.69 Å². The van der Waals surface area contributed by atoms with Gasteiger partial charge in [0.15, 0.2) is 5.76 Å². The highest BCUT2D eigenvalue weighted by Crippen LogP contribution is 2.26. The van der Waals surface area contributed by atoms with Gasteiger partial charge in [-0.05, 0) is 25.1 Å². The Balaban J connectivity index is 1.97. The van der Waals surface area contributed by atoms with Crippen LogP contribution in [0, 0.1) is 18.6 Å². The van der Waals surface area contributed by atoms with Gasteiger partial charge in [-0.25, -0.2) is 8.78 Å². The summed E-state index contributed by atoms with van der Waals surface area (Å²) in [5.74, 6) is -1.88. The van der Waals surface area contributed by atoms with E-state index >= 15 is 0 Å². The molecule has 5 heteroatoms. The first-order valence-corrected chi connectivity index (χ1v) is 6.31. The molecule has 2 aromatic carbocycles. The first-order valence-electron chi connectivity index (χ1n) is 6.31. The lowest BCUT2D eigenvalue weighted by atomic mass is 10.1. The molecule has 0 unspecified atom stereocenters. The third kappa shape index (κ3) is 2.38. The van der Waals surface area contributed by atoms with Crippen LogP contribution >= 0.6 is 0 Å². The second kappa shape index (κ2) is 5.01. The summed E-state index contributed by atoms with van der Waals surface area (Å²) in [6.45, 7) is 1.74. The van der Waals surface area contributed by atoms with Crippen LogP contribution in [-0.4, -0.2) is 5.91 Å². The molecule has 0 radical (unpaired) electrons. The summed E-state index contributed by atoms with van der Waals surface area (Å²) >= 11 is 0. The van der Waals surface area contributed by atoms with Crippen LogP contribution in [-0.2, 0) is 0 Å². The number of para-hydroxylation sites is 1. The Labute approximate surface area is 119 Å². The summed E-state index contributed by atoms with van der Waals surface area (Å²) in [4.78, 5) is 12.2. The Morgan fingerprint density at radius 1 is 1.14 bits per heavy atom. The molecule has 0 saturated heterocycles. The summed E-state index contributed by atoms with van der Waals surface area (Å²) in [5, 5.41) is 3.13. The molecule has 1 amide bonds. The second-order valence-corrected chi connectivity index (χ2v) is 4.63. The van der Waals surface area contributed by atoms with Gasteiger partial charge in [0.1, 0.15) is 17.2 Å². The number of aryl methyl sites for hydroxylation is 1. The molecule has 1 heterocycles. The van der Waals surface area contributed by atoms with Crippen LogP contribution < -0.4 is 5.32 Å². The average Bonchev–Trinajstić information content (AvgIpc) is 2.81. The van der Waals surface area contributed by atoms with E-state index in [9.17, 15) is 13.6 Å². The summed E-state index contributed by atoms with van der Waals surface area (Å²) in [7, 11) is 0. The standard InChI is InChI=1S/C16H11F2NO2/c1-9-11-4-2-3-5-14(11)21-15(9)16(20)19-13-8-10(17)6-7-12(13)18/h2-8H,1H3,(H,19,20). The number of benzene rings is 2. The van der Waals surface area contributed by atoms with Gasteiger partial charge in [0, 0.05) is 17.0 Å². The molecule has 106 valence electrons. The monoisotopic (exact) mass is 287 g/mol. The second-order valence-electron chi connectivity index (χ2n) is 4.63. The number of amides is 1. The largest absolute Gasteiger partial charge is 0.451 e. The Hall–Kier alpha value is -2.69. The van der Waals surface area contributed by atoms with Crippen molar-refractivity contribution >= 4 is 22.6 Å². The fourth-order valence-electron chi connectivity index (χ4n) is 2.16. The third-order valence-electron chi connectivity index (χ3n) is 3.23. The number of halogens is 2. The van der Waals surface area contributed by atoms with Gasteiger partial charge < -0.3 is 9.73 Å². The number of furan rings is 1. The van der Waals surface area contributed by atoms with Gasteiger partial charge in [-0.1, -0.05) is 18.2 Å². The molecule has 0 atom stereocenters. The molecule has 1 aromatic heterocycles. The number of hydrogen-bond donors (Lipinski definition) is 1. The zero-order valence-corrected chi connectivity index (χ0v) is 11.1. The number of rotatable bonds is 2. The molecule has 0 aliphatic heterocycles. The molecule has 3 aromatic rings. The Morgan fingerprint density at radius 2 is 1.90 bits per heavy atom. The minimum absolute atomic E-state index is 0.0832. The SMILES string of the molecule is Cc1c(C(=O)Nc2cc(F)ccc2F)oc2ccccc12. The maximum absolute atomic E-state index is 13.5. The highest BCUT2D eigenvalue weighted by atomic mass is 19.1. The molecular weight excluding hydrogens is 276 g/mol. The Morgan fingerprint density at radius 3 is 2.67 bits per heavy atom. The van der Waals surface area contributed by atoms with Crippen LogP contribution in [0.15, 0.2) is 46.9 Å². The van der Waals surface area contributed by atoms with Crippen LogP contribution in [0.5, 0.6) is 0 Å². The van der Waals surface area contributed by atoms with Gasteiger partial charge in [-0.15, -0.1) is 0 Å². The molecular formula is C16H11F2NO2. The molecule has 0 aliphatic rings. The van der Waals surface area contributed by atoms with Crippen molar-refractivity contribution < 1.29 is 18.0 Å². The lowest BCUT2D eigenvalue weighted by Crippen LogP contribution is -2.13. The summed E-state index contributed by atoms with van der Waals surface area (Å²) in [6, 6.07) is 10.0. The van der Waals surface area contributed by atoms with E-state index in [2.05, 4.69) is 5.32 Å². The van der Waals surface area contributed by atoms with Crippen LogP contribution in [0.2, 0.25) is 0 Å². The Kier molecular flexibility index (Phi) is 3.17. The topological polar surface area (TPSA) is 42.2 Å². The molecule has 0 spiro atoms. The molecule has 0 aliphatic carbocycles. The summed E-state index contributed by atoms with van der Waals surface area (Å²) in [5.41, 5.74) is 1.000. The van der Waals surface area contributed by atoms with Crippen LogP contribution in [0.4, 0.5) is 14.5 Å². The Bertz CT molecular complexity index is 839. The highest BCUT2D eigenvalue weighted by molar-refractivity contribution is 6.06. The summed E-state index contributed by atoms with van der Waals surface area (Å²) in [6.07, 6.45) is 0. The van der Waals surface area contributed by atoms with Gasteiger partial charge in [-0.2, -0.15) is 0 Å². The smallest absolute Gasteiger partial charge is 0.291 e. The zero-order chi connectivity index (χ0) is 15.0. The van der Waals surface area contributed by atoms with E-state index in [1.165, 1.54) is 0 Å². The van der Waals surface area contributed by atoms with Crippen molar-refractivity contribution in [2.75, 3.05) is 5.32 Å². The van der Waals surface area contributed by atoms with Crippen LogP contribution in [0.1, 0.15) is 16.1 Å². The maximum Gasteiger partial charge on any atom is 0.291 e. The van der Waals surface area contributed by atoms with E-state index in [0.29, 0.717) is 11.1 Å². The van der Waals surface area contributed by atoms with Gasteiger partial charge >= 0.3 is 0 Å². The van der Waals surface area contributed by atoms with Crippen LogP contribution in [0.25, 0.3) is 11.0 Å². The molecule has 3 rings (SSSR count). The predicted molar refractivity (Wildman–Crippen MR) is 75.3 cm³/mol. The van der Waals surface area contributed by atoms with Crippen molar-refractivity contribution in [3.8, 4) is 0 Å². The van der Waals surface area contributed by atoms with Gasteiger partial charge in [-0.3, -0.25) is 4.79 Å². The molecule has 0 bridgehead atoms. The fourth-order valence-corrected chi connectivity index (χ4v) is 2.16. The summed E-state index contributed by atoms with van der Waals surface area (Å²) < 4.78 is 32.1. The van der Waals surface area contributed by atoms with Crippen molar-refractivity contribution in [2.24, 2.45) is 0 Å². The van der Waals surface area contributed by atoms with Crippen molar-refractivity contribution in [1.29, 1.82) is 0 Å². The van der Waals surface area contributed by atoms with Crippen molar-refractivity contribution in [3.05, 3.63) is 65.4 Å². The first kappa shape index (κ1) is 13.3. The van der Waals surface area contributed by atoms with E-state index in [1.807, 2.05) is 12.1 Å². The minimum atomic E-state index is -0.710. The molecule has 3 nitrogen and oxygen atoms in total. The van der Waals surface area contributed by atoms with Crippen molar-refractivity contribution in [2.45, 2.75) is 6.92 Å². The van der Waals surface area contributed by atoms with E-state index < -0.39 is 17.5 Å². The maximum atomic E-state index is 13.5. The predicted octanol–water partition coefficient (Wildman–Crippen LogP) is 4.27.